The maximum atomic E-state index is 6.60. The van der Waals surface area contributed by atoms with Gasteiger partial charge in [-0.15, -0.1) is 0 Å². The van der Waals surface area contributed by atoms with Crippen molar-refractivity contribution in [3.8, 4) is 0 Å². The highest BCUT2D eigenvalue weighted by atomic mass is 32.1. The van der Waals surface area contributed by atoms with Crippen LogP contribution in [0, 0.1) is 5.92 Å². The van der Waals surface area contributed by atoms with E-state index in [0.717, 1.165) is 4.99 Å². The van der Waals surface area contributed by atoms with E-state index in [4.69, 9.17) is 16.6 Å². The fourth-order valence-corrected chi connectivity index (χ4v) is 4.78. The summed E-state index contributed by atoms with van der Waals surface area (Å²) in [6.45, 7) is 13.7. The van der Waals surface area contributed by atoms with E-state index in [1.165, 1.54) is 5.56 Å². The molecule has 0 spiro atoms. The molecule has 1 heterocycles. The highest BCUT2D eigenvalue weighted by molar-refractivity contribution is 7.80. The molecule has 1 aromatic rings. The number of rotatable bonds is 4. The van der Waals surface area contributed by atoms with Crippen LogP contribution in [0.3, 0.4) is 0 Å². The average Bonchev–Trinajstić information content (AvgIpc) is 2.42. The SMILES string of the molecule is C[C@H](O[Si](C)(C)C(C)(C)C)[C@@H]1C(=S)N(C)[C@@H]1c1ccccc1. The van der Waals surface area contributed by atoms with Gasteiger partial charge in [-0.05, 0) is 30.6 Å². The van der Waals surface area contributed by atoms with E-state index >= 15 is 0 Å². The van der Waals surface area contributed by atoms with Gasteiger partial charge in [0.05, 0.1) is 23.1 Å². The minimum absolute atomic E-state index is 0.162. The van der Waals surface area contributed by atoms with Gasteiger partial charge < -0.3 is 9.33 Å². The Morgan fingerprint density at radius 2 is 1.73 bits per heavy atom. The molecule has 0 bridgehead atoms. The van der Waals surface area contributed by atoms with Crippen LogP contribution in [0.5, 0.6) is 0 Å². The first kappa shape index (κ1) is 17.6. The Kier molecular flexibility index (Phi) is 4.86. The number of likely N-dealkylation sites (tertiary alicyclic amines) is 1. The Morgan fingerprint density at radius 3 is 2.23 bits per heavy atom. The van der Waals surface area contributed by atoms with Crippen LogP contribution in [-0.2, 0) is 4.43 Å². The zero-order valence-corrected chi connectivity index (χ0v) is 16.7. The van der Waals surface area contributed by atoms with Crippen molar-refractivity contribution in [2.45, 2.75) is 58.0 Å². The summed E-state index contributed by atoms with van der Waals surface area (Å²) in [6, 6.07) is 11.0. The van der Waals surface area contributed by atoms with Gasteiger partial charge in [-0.3, -0.25) is 0 Å². The van der Waals surface area contributed by atoms with Gasteiger partial charge in [0, 0.05) is 7.05 Å². The Bertz CT molecular complexity index is 538. The van der Waals surface area contributed by atoms with Crippen LogP contribution >= 0.6 is 12.2 Å². The molecule has 0 saturated carbocycles. The molecule has 1 aromatic carbocycles. The molecule has 1 fully saturated rings. The highest BCUT2D eigenvalue weighted by Gasteiger charge is 2.48. The van der Waals surface area contributed by atoms with E-state index in [2.05, 4.69) is 83.1 Å². The second-order valence-electron chi connectivity index (χ2n) is 7.91. The van der Waals surface area contributed by atoms with Gasteiger partial charge >= 0.3 is 0 Å². The van der Waals surface area contributed by atoms with Crippen LogP contribution in [0.1, 0.15) is 39.3 Å². The lowest BCUT2D eigenvalue weighted by Gasteiger charge is -2.52. The van der Waals surface area contributed by atoms with Crippen molar-refractivity contribution in [3.63, 3.8) is 0 Å². The van der Waals surface area contributed by atoms with Gasteiger partial charge in [-0.1, -0.05) is 63.3 Å². The molecule has 2 nitrogen and oxygen atoms in total. The normalized spacial score (nSPS) is 24.1. The van der Waals surface area contributed by atoms with E-state index in [1.807, 2.05) is 0 Å². The van der Waals surface area contributed by atoms with Crippen LogP contribution in [0.4, 0.5) is 0 Å². The van der Waals surface area contributed by atoms with Crippen molar-refractivity contribution in [2.75, 3.05) is 7.05 Å². The van der Waals surface area contributed by atoms with Crippen molar-refractivity contribution in [2.24, 2.45) is 5.92 Å². The molecule has 22 heavy (non-hydrogen) atoms. The molecule has 4 heteroatoms. The lowest BCUT2D eigenvalue weighted by molar-refractivity contribution is 0.0803. The van der Waals surface area contributed by atoms with Gasteiger partial charge in [0.15, 0.2) is 8.32 Å². The molecule has 0 radical (unpaired) electrons. The van der Waals surface area contributed by atoms with Gasteiger partial charge in [0.2, 0.25) is 0 Å². The van der Waals surface area contributed by atoms with E-state index < -0.39 is 8.32 Å². The number of hydrogen-bond acceptors (Lipinski definition) is 2. The first-order valence-electron chi connectivity index (χ1n) is 8.06. The monoisotopic (exact) mass is 335 g/mol. The Balaban J connectivity index is 2.18. The largest absolute Gasteiger partial charge is 0.413 e. The number of nitrogens with zero attached hydrogens (tertiary/aromatic N) is 1. The molecule has 1 saturated heterocycles. The summed E-state index contributed by atoms with van der Waals surface area (Å²) >= 11 is 5.62. The molecule has 122 valence electrons. The predicted octanol–water partition coefficient (Wildman–Crippen LogP) is 5.03. The highest BCUT2D eigenvalue weighted by Crippen LogP contribution is 2.45. The summed E-state index contributed by atoms with van der Waals surface area (Å²) < 4.78 is 6.60. The minimum atomic E-state index is -1.77. The molecule has 0 N–H and O–H groups in total. The van der Waals surface area contributed by atoms with E-state index in [-0.39, 0.29) is 11.1 Å². The predicted molar refractivity (Wildman–Crippen MR) is 101 cm³/mol. The van der Waals surface area contributed by atoms with Crippen LogP contribution in [0.2, 0.25) is 18.1 Å². The molecular formula is C18H29NOSSi. The zero-order chi connectivity index (χ0) is 16.7. The second-order valence-corrected chi connectivity index (χ2v) is 13.1. The third kappa shape index (κ3) is 3.14. The first-order chi connectivity index (χ1) is 10.1. The number of benzene rings is 1. The van der Waals surface area contributed by atoms with Crippen molar-refractivity contribution in [1.29, 1.82) is 0 Å². The molecule has 0 amide bonds. The van der Waals surface area contributed by atoms with Gasteiger partial charge in [0.1, 0.15) is 0 Å². The molecular weight excluding hydrogens is 306 g/mol. The fourth-order valence-electron chi connectivity index (χ4n) is 2.92. The first-order valence-corrected chi connectivity index (χ1v) is 11.4. The van der Waals surface area contributed by atoms with Gasteiger partial charge in [-0.2, -0.15) is 0 Å². The van der Waals surface area contributed by atoms with E-state index in [0.29, 0.717) is 12.0 Å². The third-order valence-electron chi connectivity index (χ3n) is 5.32. The van der Waals surface area contributed by atoms with Crippen LogP contribution in [0.15, 0.2) is 30.3 Å². The number of hydrogen-bond donors (Lipinski definition) is 0. The lowest BCUT2D eigenvalue weighted by atomic mass is 9.80. The van der Waals surface area contributed by atoms with Crippen molar-refractivity contribution < 1.29 is 4.43 Å². The Morgan fingerprint density at radius 1 is 1.18 bits per heavy atom. The topological polar surface area (TPSA) is 12.5 Å². The molecule has 0 aromatic heterocycles. The van der Waals surface area contributed by atoms with Crippen LogP contribution in [0.25, 0.3) is 0 Å². The molecule has 0 unspecified atom stereocenters. The molecule has 2 rings (SSSR count). The molecule has 0 aliphatic carbocycles. The Hall–Kier alpha value is -0.713. The zero-order valence-electron chi connectivity index (χ0n) is 14.9. The van der Waals surface area contributed by atoms with Gasteiger partial charge in [-0.25, -0.2) is 0 Å². The lowest BCUT2D eigenvalue weighted by Crippen LogP contribution is -2.58. The van der Waals surface area contributed by atoms with Crippen molar-refractivity contribution in [1.82, 2.24) is 4.90 Å². The summed E-state index contributed by atoms with van der Waals surface area (Å²) in [7, 11) is 0.319. The van der Waals surface area contributed by atoms with Crippen LogP contribution < -0.4 is 0 Å². The molecule has 1 aliphatic rings. The summed E-state index contributed by atoms with van der Waals surface area (Å²) in [5.41, 5.74) is 1.33. The van der Waals surface area contributed by atoms with Crippen molar-refractivity contribution in [3.05, 3.63) is 35.9 Å². The maximum absolute atomic E-state index is 6.60. The smallest absolute Gasteiger partial charge is 0.192 e. The molecule has 1 aliphatic heterocycles. The minimum Gasteiger partial charge on any atom is -0.413 e. The summed E-state index contributed by atoms with van der Waals surface area (Å²) in [6.07, 6.45) is 0.162. The van der Waals surface area contributed by atoms with Crippen LogP contribution in [-0.4, -0.2) is 31.4 Å². The number of thiocarbonyl (C=S) groups is 1. The van der Waals surface area contributed by atoms with Crippen molar-refractivity contribution >= 4 is 25.5 Å². The summed E-state index contributed by atoms with van der Waals surface area (Å²) in [5.74, 6) is 0.302. The van der Waals surface area contributed by atoms with E-state index in [9.17, 15) is 0 Å². The summed E-state index contributed by atoms with van der Waals surface area (Å²) in [4.78, 5) is 3.24. The molecule has 3 atom stereocenters. The maximum Gasteiger partial charge on any atom is 0.192 e. The average molecular weight is 336 g/mol. The Labute approximate surface area is 142 Å². The van der Waals surface area contributed by atoms with Gasteiger partial charge in [0.25, 0.3) is 0 Å². The second kappa shape index (κ2) is 6.06. The van der Waals surface area contributed by atoms with E-state index in [1.54, 1.807) is 0 Å². The fraction of sp³-hybridized carbons (Fsp3) is 0.611. The summed E-state index contributed by atoms with van der Waals surface area (Å²) in [5, 5.41) is 0.223. The standard InChI is InChI=1S/C18H29NOSSi/c1-13(20-22(6,7)18(2,3)4)15-16(19(5)17(15)21)14-11-9-8-10-12-14/h8-13,15-16H,1-7H3/t13-,15-,16+/m0/s1. The third-order valence-corrected chi connectivity index (χ3v) is 10.5. The quantitative estimate of drug-likeness (QED) is 0.566.